The Balaban J connectivity index is 3.46. The van der Waals surface area contributed by atoms with E-state index in [9.17, 15) is 0 Å². The van der Waals surface area contributed by atoms with Gasteiger partial charge < -0.3 is 26.2 Å². The van der Waals surface area contributed by atoms with E-state index in [0.717, 1.165) is 6.07 Å². The number of hydrogen-bond donors (Lipinski definition) is 5. The predicted octanol–water partition coefficient (Wildman–Crippen LogP) is 0.0912. The Kier molecular flexibility index (Phi) is 1.41. The molecule has 0 fully saturated rings. The summed E-state index contributed by atoms with van der Waals surface area (Å²) >= 11 is 0. The molecular formula is C6H7NO4. The van der Waals surface area contributed by atoms with E-state index >= 15 is 0 Å². The lowest BCUT2D eigenvalue weighted by Crippen LogP contribution is -1.85. The van der Waals surface area contributed by atoms with Crippen molar-refractivity contribution in [1.29, 1.82) is 0 Å². The van der Waals surface area contributed by atoms with Crippen molar-refractivity contribution in [2.24, 2.45) is 0 Å². The van der Waals surface area contributed by atoms with Crippen LogP contribution in [0.25, 0.3) is 0 Å². The lowest BCUT2D eigenvalue weighted by Gasteiger charge is -2.04. The molecule has 0 bridgehead atoms. The van der Waals surface area contributed by atoms with Crippen molar-refractivity contribution >= 4 is 5.69 Å². The SMILES string of the molecule is Nc1cc(O)c(O)c(O)c1O. The average Bonchev–Trinajstić information content (AvgIpc) is 1.97. The summed E-state index contributed by atoms with van der Waals surface area (Å²) in [5.41, 5.74) is 4.91. The van der Waals surface area contributed by atoms with Crippen LogP contribution in [0.5, 0.6) is 23.0 Å². The van der Waals surface area contributed by atoms with Gasteiger partial charge in [0.2, 0.25) is 11.5 Å². The Morgan fingerprint density at radius 3 is 2.00 bits per heavy atom. The summed E-state index contributed by atoms with van der Waals surface area (Å²) < 4.78 is 0. The van der Waals surface area contributed by atoms with Gasteiger partial charge in [0.05, 0.1) is 5.69 Å². The first-order valence-corrected chi connectivity index (χ1v) is 2.76. The van der Waals surface area contributed by atoms with Crippen LogP contribution in [0, 0.1) is 0 Å². The normalized spacial score (nSPS) is 9.82. The molecule has 0 unspecified atom stereocenters. The van der Waals surface area contributed by atoms with Crippen molar-refractivity contribution in [3.8, 4) is 23.0 Å². The van der Waals surface area contributed by atoms with Gasteiger partial charge in [-0.05, 0) is 0 Å². The third kappa shape index (κ3) is 0.958. The molecule has 0 saturated heterocycles. The molecule has 11 heavy (non-hydrogen) atoms. The molecule has 1 aromatic rings. The molecular weight excluding hydrogens is 150 g/mol. The quantitative estimate of drug-likeness (QED) is 0.208. The van der Waals surface area contributed by atoms with Crippen molar-refractivity contribution in [2.45, 2.75) is 0 Å². The first kappa shape index (κ1) is 7.33. The molecule has 5 nitrogen and oxygen atoms in total. The molecule has 0 aliphatic heterocycles. The summed E-state index contributed by atoms with van der Waals surface area (Å²) in [6.07, 6.45) is 0. The fourth-order valence-corrected chi connectivity index (χ4v) is 0.654. The molecule has 0 heterocycles. The molecule has 60 valence electrons. The lowest BCUT2D eigenvalue weighted by molar-refractivity contribution is 0.347. The third-order valence-electron chi connectivity index (χ3n) is 1.26. The lowest BCUT2D eigenvalue weighted by atomic mass is 10.2. The highest BCUT2D eigenvalue weighted by Crippen LogP contribution is 2.44. The fourth-order valence-electron chi connectivity index (χ4n) is 0.654. The highest BCUT2D eigenvalue weighted by molar-refractivity contribution is 5.68. The maximum absolute atomic E-state index is 8.87. The minimum absolute atomic E-state index is 0.196. The molecule has 5 heteroatoms. The molecule has 0 aromatic heterocycles. The van der Waals surface area contributed by atoms with Crippen LogP contribution in [0.15, 0.2) is 6.07 Å². The van der Waals surface area contributed by atoms with E-state index in [-0.39, 0.29) is 5.69 Å². The zero-order chi connectivity index (χ0) is 8.59. The second-order valence-electron chi connectivity index (χ2n) is 2.03. The van der Waals surface area contributed by atoms with Crippen LogP contribution in [0.4, 0.5) is 5.69 Å². The minimum atomic E-state index is -0.817. The Bertz CT molecular complexity index is 271. The molecule has 1 aromatic carbocycles. The largest absolute Gasteiger partial charge is 0.504 e. The van der Waals surface area contributed by atoms with E-state index < -0.39 is 23.0 Å². The molecule has 0 aliphatic carbocycles. The minimum Gasteiger partial charge on any atom is -0.504 e. The van der Waals surface area contributed by atoms with Crippen LogP contribution in [-0.4, -0.2) is 20.4 Å². The van der Waals surface area contributed by atoms with Gasteiger partial charge in [-0.1, -0.05) is 0 Å². The van der Waals surface area contributed by atoms with Gasteiger partial charge in [0, 0.05) is 6.07 Å². The van der Waals surface area contributed by atoms with E-state index in [1.54, 1.807) is 0 Å². The number of benzene rings is 1. The highest BCUT2D eigenvalue weighted by atomic mass is 16.3. The topological polar surface area (TPSA) is 107 Å². The van der Waals surface area contributed by atoms with Crippen molar-refractivity contribution in [3.63, 3.8) is 0 Å². The summed E-state index contributed by atoms with van der Waals surface area (Å²) in [4.78, 5) is 0. The standard InChI is InChI=1S/C6H7NO4/c7-2-1-3(8)5(10)6(11)4(2)9/h1,8-11H,7H2. The summed E-state index contributed by atoms with van der Waals surface area (Å²) in [5.74, 6) is -2.81. The van der Waals surface area contributed by atoms with E-state index in [0.29, 0.717) is 0 Å². The Hall–Kier alpha value is -1.78. The Labute approximate surface area is 61.9 Å². The van der Waals surface area contributed by atoms with E-state index in [1.165, 1.54) is 0 Å². The maximum Gasteiger partial charge on any atom is 0.206 e. The Morgan fingerprint density at radius 1 is 0.909 bits per heavy atom. The fraction of sp³-hybridized carbons (Fsp3) is 0. The number of rotatable bonds is 0. The van der Waals surface area contributed by atoms with E-state index in [4.69, 9.17) is 26.2 Å². The molecule has 0 aliphatic rings. The average molecular weight is 157 g/mol. The van der Waals surface area contributed by atoms with E-state index in [1.807, 2.05) is 0 Å². The molecule has 0 spiro atoms. The van der Waals surface area contributed by atoms with Crippen molar-refractivity contribution in [1.82, 2.24) is 0 Å². The van der Waals surface area contributed by atoms with Crippen LogP contribution < -0.4 is 5.73 Å². The van der Waals surface area contributed by atoms with Gasteiger partial charge in [0.15, 0.2) is 11.5 Å². The number of nitrogens with two attached hydrogens (primary N) is 1. The summed E-state index contributed by atoms with van der Waals surface area (Å²) in [5, 5.41) is 35.3. The van der Waals surface area contributed by atoms with Crippen LogP contribution in [0.1, 0.15) is 0 Å². The second kappa shape index (κ2) is 2.12. The summed E-state index contributed by atoms with van der Waals surface area (Å²) in [7, 11) is 0. The summed E-state index contributed by atoms with van der Waals surface area (Å²) in [6, 6.07) is 0.935. The molecule has 0 saturated carbocycles. The van der Waals surface area contributed by atoms with Crippen LogP contribution >= 0.6 is 0 Å². The molecule has 0 amide bonds. The molecule has 0 atom stereocenters. The number of phenols is 4. The number of aromatic hydroxyl groups is 4. The third-order valence-corrected chi connectivity index (χ3v) is 1.26. The smallest absolute Gasteiger partial charge is 0.206 e. The van der Waals surface area contributed by atoms with Gasteiger partial charge >= 0.3 is 0 Å². The first-order valence-electron chi connectivity index (χ1n) is 2.76. The Morgan fingerprint density at radius 2 is 1.45 bits per heavy atom. The second-order valence-corrected chi connectivity index (χ2v) is 2.03. The van der Waals surface area contributed by atoms with Crippen LogP contribution in [0.2, 0.25) is 0 Å². The van der Waals surface area contributed by atoms with Crippen molar-refractivity contribution in [3.05, 3.63) is 6.07 Å². The molecule has 1 rings (SSSR count). The zero-order valence-electron chi connectivity index (χ0n) is 5.44. The predicted molar refractivity (Wildman–Crippen MR) is 37.5 cm³/mol. The van der Waals surface area contributed by atoms with Crippen molar-refractivity contribution < 1.29 is 20.4 Å². The van der Waals surface area contributed by atoms with Gasteiger partial charge in [-0.3, -0.25) is 0 Å². The number of hydrogen-bond acceptors (Lipinski definition) is 5. The number of phenolic OH excluding ortho intramolecular Hbond substituents is 4. The van der Waals surface area contributed by atoms with Crippen LogP contribution in [-0.2, 0) is 0 Å². The zero-order valence-corrected chi connectivity index (χ0v) is 5.44. The first-order chi connectivity index (χ1) is 5.04. The van der Waals surface area contributed by atoms with Gasteiger partial charge in [0.25, 0.3) is 0 Å². The van der Waals surface area contributed by atoms with Gasteiger partial charge in [-0.25, -0.2) is 0 Å². The highest BCUT2D eigenvalue weighted by Gasteiger charge is 2.13. The molecule has 0 radical (unpaired) electrons. The monoisotopic (exact) mass is 157 g/mol. The van der Waals surface area contributed by atoms with E-state index in [2.05, 4.69) is 0 Å². The summed E-state index contributed by atoms with van der Waals surface area (Å²) in [6.45, 7) is 0. The maximum atomic E-state index is 8.87. The number of anilines is 1. The number of nitrogen functional groups attached to an aromatic ring is 1. The van der Waals surface area contributed by atoms with Gasteiger partial charge in [-0.15, -0.1) is 0 Å². The van der Waals surface area contributed by atoms with Crippen LogP contribution in [0.3, 0.4) is 0 Å². The van der Waals surface area contributed by atoms with Gasteiger partial charge in [0.1, 0.15) is 0 Å². The van der Waals surface area contributed by atoms with Gasteiger partial charge in [-0.2, -0.15) is 0 Å². The van der Waals surface area contributed by atoms with Crippen molar-refractivity contribution in [2.75, 3.05) is 5.73 Å². The molecule has 6 N–H and O–H groups in total.